The van der Waals surface area contributed by atoms with Crippen LogP contribution in [0.1, 0.15) is 58.3 Å². The van der Waals surface area contributed by atoms with Crippen LogP contribution in [0.25, 0.3) is 6.08 Å². The van der Waals surface area contributed by atoms with E-state index in [9.17, 15) is 14.4 Å². The fourth-order valence-electron chi connectivity index (χ4n) is 3.68. The van der Waals surface area contributed by atoms with Crippen molar-refractivity contribution >= 4 is 18.0 Å². The van der Waals surface area contributed by atoms with Crippen LogP contribution < -0.4 is 5.63 Å². The second kappa shape index (κ2) is 7.54. The van der Waals surface area contributed by atoms with Crippen LogP contribution in [-0.4, -0.2) is 35.9 Å². The minimum atomic E-state index is -1.05. The Morgan fingerprint density at radius 3 is 2.64 bits per heavy atom. The predicted octanol–water partition coefficient (Wildman–Crippen LogP) is 2.82. The molecule has 3 rings (SSSR count). The number of fused-ring (bicyclic) bond motifs is 3. The molecule has 7 heteroatoms. The molecule has 5 unspecified atom stereocenters. The molecule has 28 heavy (non-hydrogen) atoms. The molecule has 1 aromatic heterocycles. The van der Waals surface area contributed by atoms with E-state index < -0.39 is 41.4 Å². The van der Waals surface area contributed by atoms with Gasteiger partial charge in [0.15, 0.2) is 0 Å². The van der Waals surface area contributed by atoms with Gasteiger partial charge in [-0.25, -0.2) is 4.79 Å². The van der Waals surface area contributed by atoms with Crippen molar-refractivity contribution < 1.29 is 28.2 Å². The molecule has 1 aliphatic heterocycles. The van der Waals surface area contributed by atoms with Gasteiger partial charge in [0.1, 0.15) is 23.6 Å². The molecule has 0 saturated carbocycles. The highest BCUT2D eigenvalue weighted by Gasteiger charge is 2.56. The first-order valence-electron chi connectivity index (χ1n) is 9.51. The molecule has 0 bridgehead atoms. The van der Waals surface area contributed by atoms with Crippen molar-refractivity contribution in [1.29, 1.82) is 0 Å². The molecule has 2 aliphatic rings. The number of carbonyl (C=O) groups is 2. The van der Waals surface area contributed by atoms with Gasteiger partial charge in [0.25, 0.3) is 0 Å². The summed E-state index contributed by atoms with van der Waals surface area (Å²) in [6.45, 7) is 8.48. The van der Waals surface area contributed by atoms with Crippen molar-refractivity contribution in [2.45, 2.75) is 70.9 Å². The lowest BCUT2D eigenvalue weighted by molar-refractivity contribution is -0.184. The van der Waals surface area contributed by atoms with Crippen molar-refractivity contribution in [2.24, 2.45) is 5.92 Å². The molecule has 1 fully saturated rings. The van der Waals surface area contributed by atoms with E-state index >= 15 is 0 Å². The molecular formula is C21H26O7. The van der Waals surface area contributed by atoms with Crippen molar-refractivity contribution in [3.8, 4) is 0 Å². The second-order valence-corrected chi connectivity index (χ2v) is 7.89. The number of rotatable bonds is 5. The largest absolute Gasteiger partial charge is 0.459 e. The molecule has 1 saturated heterocycles. The minimum Gasteiger partial charge on any atom is -0.459 e. The Morgan fingerprint density at radius 2 is 2.00 bits per heavy atom. The SMILES string of the molecule is CCC(C)C(=O)OC(C)(C)C1OC2C=Cc3ccc(=O)oc3C2C1OC(C)=O. The maximum Gasteiger partial charge on any atom is 0.335 e. The standard InChI is InChI=1S/C21H26O7/c1-6-11(2)20(24)28-21(4,5)19-18(25-12(3)22)16-14(26-19)9-7-13-8-10-15(23)27-17(13)16/h7-11,14,16,18-19H,6H2,1-5H3. The Labute approximate surface area is 163 Å². The quantitative estimate of drug-likeness (QED) is 0.714. The molecule has 5 atom stereocenters. The summed E-state index contributed by atoms with van der Waals surface area (Å²) in [7, 11) is 0. The highest BCUT2D eigenvalue weighted by Crippen LogP contribution is 2.46. The van der Waals surface area contributed by atoms with Crippen LogP contribution in [0.5, 0.6) is 0 Å². The van der Waals surface area contributed by atoms with E-state index in [2.05, 4.69) is 0 Å². The molecule has 0 spiro atoms. The normalized spacial score (nSPS) is 26.9. The Bertz CT molecular complexity index is 851. The molecule has 0 N–H and O–H groups in total. The lowest BCUT2D eigenvalue weighted by Crippen LogP contribution is -2.49. The van der Waals surface area contributed by atoms with Crippen LogP contribution in [0.4, 0.5) is 0 Å². The fraction of sp³-hybridized carbons (Fsp3) is 0.571. The van der Waals surface area contributed by atoms with Crippen LogP contribution in [0.15, 0.2) is 27.4 Å². The molecular weight excluding hydrogens is 364 g/mol. The Balaban J connectivity index is 1.97. The van der Waals surface area contributed by atoms with E-state index in [-0.39, 0.29) is 11.9 Å². The molecule has 2 heterocycles. The third kappa shape index (κ3) is 3.76. The van der Waals surface area contributed by atoms with Gasteiger partial charge in [-0.05, 0) is 26.3 Å². The molecule has 0 aromatic carbocycles. The minimum absolute atomic E-state index is 0.256. The molecule has 1 aliphatic carbocycles. The molecule has 7 nitrogen and oxygen atoms in total. The average molecular weight is 390 g/mol. The summed E-state index contributed by atoms with van der Waals surface area (Å²) >= 11 is 0. The number of hydrogen-bond donors (Lipinski definition) is 0. The van der Waals surface area contributed by atoms with Crippen LogP contribution >= 0.6 is 0 Å². The van der Waals surface area contributed by atoms with Crippen LogP contribution in [0.3, 0.4) is 0 Å². The second-order valence-electron chi connectivity index (χ2n) is 7.89. The maximum atomic E-state index is 12.4. The third-order valence-electron chi connectivity index (χ3n) is 5.34. The Morgan fingerprint density at radius 1 is 1.29 bits per heavy atom. The zero-order valence-corrected chi connectivity index (χ0v) is 16.8. The van der Waals surface area contributed by atoms with Gasteiger partial charge in [-0.1, -0.05) is 26.0 Å². The fourth-order valence-corrected chi connectivity index (χ4v) is 3.68. The first kappa shape index (κ1) is 20.3. The first-order valence-corrected chi connectivity index (χ1v) is 9.51. The maximum absolute atomic E-state index is 12.4. The van der Waals surface area contributed by atoms with Gasteiger partial charge >= 0.3 is 17.6 Å². The zero-order chi connectivity index (χ0) is 20.6. The van der Waals surface area contributed by atoms with E-state index in [4.69, 9.17) is 18.6 Å². The van der Waals surface area contributed by atoms with Gasteiger partial charge in [-0.2, -0.15) is 0 Å². The highest BCUT2D eigenvalue weighted by atomic mass is 16.6. The van der Waals surface area contributed by atoms with E-state index in [1.807, 2.05) is 19.1 Å². The number of hydrogen-bond acceptors (Lipinski definition) is 7. The molecule has 152 valence electrons. The van der Waals surface area contributed by atoms with Gasteiger partial charge in [0.05, 0.1) is 17.9 Å². The van der Waals surface area contributed by atoms with Crippen LogP contribution in [-0.2, 0) is 23.8 Å². The lowest BCUT2D eigenvalue weighted by Gasteiger charge is -2.35. The number of ether oxygens (including phenoxy) is 3. The smallest absolute Gasteiger partial charge is 0.335 e. The zero-order valence-electron chi connectivity index (χ0n) is 16.8. The summed E-state index contributed by atoms with van der Waals surface area (Å²) in [6, 6.07) is 3.01. The first-order chi connectivity index (χ1) is 13.1. The van der Waals surface area contributed by atoms with Gasteiger partial charge < -0.3 is 18.6 Å². The van der Waals surface area contributed by atoms with Crippen molar-refractivity contribution in [2.75, 3.05) is 0 Å². The van der Waals surface area contributed by atoms with Crippen molar-refractivity contribution in [1.82, 2.24) is 0 Å². The Hall–Kier alpha value is -2.41. The molecule has 0 radical (unpaired) electrons. The highest BCUT2D eigenvalue weighted by molar-refractivity contribution is 5.72. The monoisotopic (exact) mass is 390 g/mol. The lowest BCUT2D eigenvalue weighted by atomic mass is 9.83. The summed E-state index contributed by atoms with van der Waals surface area (Å²) in [5, 5.41) is 0. The van der Waals surface area contributed by atoms with Gasteiger partial charge in [0.2, 0.25) is 0 Å². The van der Waals surface area contributed by atoms with Crippen LogP contribution in [0.2, 0.25) is 0 Å². The van der Waals surface area contributed by atoms with Crippen molar-refractivity contribution in [3.63, 3.8) is 0 Å². The van der Waals surface area contributed by atoms with E-state index in [1.165, 1.54) is 13.0 Å². The average Bonchev–Trinajstić information content (AvgIpc) is 2.99. The summed E-state index contributed by atoms with van der Waals surface area (Å²) < 4.78 is 22.9. The third-order valence-corrected chi connectivity index (χ3v) is 5.34. The number of carbonyl (C=O) groups excluding carboxylic acids is 2. The van der Waals surface area contributed by atoms with Crippen molar-refractivity contribution in [3.05, 3.63) is 40.0 Å². The topological polar surface area (TPSA) is 92.0 Å². The predicted molar refractivity (Wildman–Crippen MR) is 101 cm³/mol. The summed E-state index contributed by atoms with van der Waals surface area (Å²) in [5.74, 6) is -1.16. The summed E-state index contributed by atoms with van der Waals surface area (Å²) in [6.07, 6.45) is 2.35. The number of esters is 2. The van der Waals surface area contributed by atoms with E-state index in [0.717, 1.165) is 5.56 Å². The van der Waals surface area contributed by atoms with E-state index in [1.54, 1.807) is 26.8 Å². The van der Waals surface area contributed by atoms with Gasteiger partial charge in [-0.15, -0.1) is 0 Å². The van der Waals surface area contributed by atoms with Gasteiger partial charge in [-0.3, -0.25) is 9.59 Å². The van der Waals surface area contributed by atoms with Crippen LogP contribution in [0, 0.1) is 5.92 Å². The molecule has 1 aromatic rings. The molecule has 0 amide bonds. The van der Waals surface area contributed by atoms with Gasteiger partial charge in [0, 0.05) is 18.6 Å². The summed E-state index contributed by atoms with van der Waals surface area (Å²) in [4.78, 5) is 36.0. The van der Waals surface area contributed by atoms with E-state index in [0.29, 0.717) is 12.2 Å². The summed E-state index contributed by atoms with van der Waals surface area (Å²) in [5.41, 5.74) is -0.807. The Kier molecular flexibility index (Phi) is 5.48.